The van der Waals surface area contributed by atoms with E-state index in [4.69, 9.17) is 6.42 Å². The predicted molar refractivity (Wildman–Crippen MR) is 93.2 cm³/mol. The molecule has 0 aromatic carbocycles. The van der Waals surface area contributed by atoms with Gasteiger partial charge in [-0.25, -0.2) is 0 Å². The molecule has 4 aliphatic rings. The van der Waals surface area contributed by atoms with Crippen LogP contribution in [0.1, 0.15) is 46.0 Å². The standard InChI is InChI=1S/C21H28O4/c1-4-21(25)10-16(24)19-17-11(2)7-12-8-13(22)5-6-14(12)18(17)15(23)9-20(19,21)3/h1,7,11,14-19,23-25H,5-6,8-10H2,2-3H3/t11-,14+,15-,16+,17-,18+,19+,20+,21+/m1/s1. The molecule has 25 heavy (non-hydrogen) atoms. The molecule has 0 unspecified atom stereocenters. The third kappa shape index (κ3) is 2.16. The summed E-state index contributed by atoms with van der Waals surface area (Å²) < 4.78 is 0. The van der Waals surface area contributed by atoms with Crippen LogP contribution in [-0.2, 0) is 4.79 Å². The van der Waals surface area contributed by atoms with Crippen LogP contribution >= 0.6 is 0 Å². The van der Waals surface area contributed by atoms with Gasteiger partial charge in [0.05, 0.1) is 12.2 Å². The summed E-state index contributed by atoms with van der Waals surface area (Å²) in [6, 6.07) is 0. The van der Waals surface area contributed by atoms with Gasteiger partial charge in [-0.15, -0.1) is 6.42 Å². The van der Waals surface area contributed by atoms with E-state index in [0.29, 0.717) is 19.3 Å². The van der Waals surface area contributed by atoms with Gasteiger partial charge in [0, 0.05) is 24.7 Å². The number of Topliss-reactive ketones (excluding diaryl/α,β-unsaturated/α-hetero) is 1. The van der Waals surface area contributed by atoms with Crippen molar-refractivity contribution in [2.45, 2.75) is 63.8 Å². The van der Waals surface area contributed by atoms with Crippen LogP contribution in [0.3, 0.4) is 0 Å². The summed E-state index contributed by atoms with van der Waals surface area (Å²) in [7, 11) is 0. The molecule has 0 amide bonds. The summed E-state index contributed by atoms with van der Waals surface area (Å²) in [6.45, 7) is 4.04. The van der Waals surface area contributed by atoms with Gasteiger partial charge in [0.25, 0.3) is 0 Å². The average Bonchev–Trinajstić information content (AvgIpc) is 2.73. The summed E-state index contributed by atoms with van der Waals surface area (Å²) >= 11 is 0. The van der Waals surface area contributed by atoms with Crippen LogP contribution in [0.5, 0.6) is 0 Å². The second kappa shape index (κ2) is 5.42. The number of rotatable bonds is 0. The van der Waals surface area contributed by atoms with Crippen LogP contribution in [0.15, 0.2) is 11.6 Å². The third-order valence-electron chi connectivity index (χ3n) is 7.94. The van der Waals surface area contributed by atoms with Crippen molar-refractivity contribution in [2.75, 3.05) is 0 Å². The van der Waals surface area contributed by atoms with Gasteiger partial charge in [-0.05, 0) is 42.4 Å². The summed E-state index contributed by atoms with van der Waals surface area (Å²) in [5.41, 5.74) is -0.895. The molecule has 136 valence electrons. The number of aliphatic hydroxyl groups is 3. The minimum Gasteiger partial charge on any atom is -0.393 e. The lowest BCUT2D eigenvalue weighted by atomic mass is 9.48. The fourth-order valence-electron chi connectivity index (χ4n) is 6.87. The van der Waals surface area contributed by atoms with E-state index < -0.39 is 23.2 Å². The maximum atomic E-state index is 11.9. The molecule has 4 heteroatoms. The number of fused-ring (bicyclic) bond motifs is 5. The normalized spacial score (nSPS) is 54.8. The Bertz CT molecular complexity index is 676. The zero-order valence-electron chi connectivity index (χ0n) is 15.0. The highest BCUT2D eigenvalue weighted by molar-refractivity contribution is 5.82. The third-order valence-corrected chi connectivity index (χ3v) is 7.94. The molecule has 0 radical (unpaired) electrons. The molecule has 0 aromatic rings. The fraction of sp³-hybridized carbons (Fsp3) is 0.762. The predicted octanol–water partition coefficient (Wildman–Crippen LogP) is 1.68. The second-order valence-corrected chi connectivity index (χ2v) is 9.11. The molecule has 3 fully saturated rings. The molecule has 3 saturated carbocycles. The molecule has 0 bridgehead atoms. The monoisotopic (exact) mass is 344 g/mol. The van der Waals surface area contributed by atoms with Crippen LogP contribution in [-0.4, -0.2) is 38.9 Å². The highest BCUT2D eigenvalue weighted by atomic mass is 16.3. The fourth-order valence-corrected chi connectivity index (χ4v) is 6.87. The van der Waals surface area contributed by atoms with Crippen LogP contribution in [0, 0.1) is 47.3 Å². The zero-order valence-corrected chi connectivity index (χ0v) is 15.0. The van der Waals surface area contributed by atoms with Crippen molar-refractivity contribution in [3.05, 3.63) is 11.6 Å². The van der Waals surface area contributed by atoms with Crippen LogP contribution in [0.25, 0.3) is 0 Å². The maximum absolute atomic E-state index is 11.9. The average molecular weight is 344 g/mol. The Morgan fingerprint density at radius 3 is 2.64 bits per heavy atom. The van der Waals surface area contributed by atoms with Crippen molar-refractivity contribution in [3.8, 4) is 12.3 Å². The Balaban J connectivity index is 1.79. The first kappa shape index (κ1) is 17.3. The first-order valence-electron chi connectivity index (χ1n) is 9.50. The number of hydrogen-bond donors (Lipinski definition) is 3. The molecule has 4 aliphatic carbocycles. The first-order chi connectivity index (χ1) is 11.7. The Labute approximate surface area is 149 Å². The molecule has 4 nitrogen and oxygen atoms in total. The molecule has 0 saturated heterocycles. The van der Waals surface area contributed by atoms with E-state index in [1.807, 2.05) is 6.92 Å². The number of ketones is 1. The van der Waals surface area contributed by atoms with E-state index in [-0.39, 0.29) is 41.8 Å². The van der Waals surface area contributed by atoms with Crippen molar-refractivity contribution in [2.24, 2.45) is 35.0 Å². The smallest absolute Gasteiger partial charge is 0.136 e. The molecule has 0 aromatic heterocycles. The van der Waals surface area contributed by atoms with E-state index in [1.54, 1.807) is 0 Å². The van der Waals surface area contributed by atoms with E-state index in [2.05, 4.69) is 18.9 Å². The maximum Gasteiger partial charge on any atom is 0.136 e. The number of carbonyl (C=O) groups excluding carboxylic acids is 1. The highest BCUT2D eigenvalue weighted by Gasteiger charge is 2.68. The van der Waals surface area contributed by atoms with E-state index in [9.17, 15) is 20.1 Å². The van der Waals surface area contributed by atoms with E-state index >= 15 is 0 Å². The van der Waals surface area contributed by atoms with Crippen molar-refractivity contribution in [1.82, 2.24) is 0 Å². The van der Waals surface area contributed by atoms with Gasteiger partial charge in [0.1, 0.15) is 11.4 Å². The van der Waals surface area contributed by atoms with Gasteiger partial charge in [-0.2, -0.15) is 0 Å². The Morgan fingerprint density at radius 2 is 1.96 bits per heavy atom. The molecule has 0 spiro atoms. The highest BCUT2D eigenvalue weighted by Crippen LogP contribution is 2.65. The lowest BCUT2D eigenvalue weighted by molar-refractivity contribution is -0.154. The molecule has 3 N–H and O–H groups in total. The first-order valence-corrected chi connectivity index (χ1v) is 9.50. The molecule has 0 aliphatic heterocycles. The molecule has 9 atom stereocenters. The number of terminal acetylenes is 1. The summed E-state index contributed by atoms with van der Waals surface area (Å²) in [5, 5.41) is 32.9. The quantitative estimate of drug-likeness (QED) is 0.461. The van der Waals surface area contributed by atoms with Gasteiger partial charge < -0.3 is 15.3 Å². The second-order valence-electron chi connectivity index (χ2n) is 9.11. The van der Waals surface area contributed by atoms with Gasteiger partial charge >= 0.3 is 0 Å². The van der Waals surface area contributed by atoms with Crippen molar-refractivity contribution in [3.63, 3.8) is 0 Å². The number of aliphatic hydroxyl groups excluding tert-OH is 2. The lowest BCUT2D eigenvalue weighted by Gasteiger charge is -2.57. The Kier molecular flexibility index (Phi) is 3.75. The van der Waals surface area contributed by atoms with Crippen LogP contribution < -0.4 is 0 Å². The zero-order chi connectivity index (χ0) is 18.1. The Hall–Kier alpha value is -1.15. The van der Waals surface area contributed by atoms with Gasteiger partial charge in [0.2, 0.25) is 0 Å². The number of carbonyl (C=O) groups is 1. The molecular weight excluding hydrogens is 316 g/mol. The van der Waals surface area contributed by atoms with Gasteiger partial charge in [0.15, 0.2) is 0 Å². The lowest BCUT2D eigenvalue weighted by Crippen LogP contribution is -2.59. The summed E-state index contributed by atoms with van der Waals surface area (Å²) in [4.78, 5) is 11.9. The van der Waals surface area contributed by atoms with Gasteiger partial charge in [-0.1, -0.05) is 31.4 Å². The topological polar surface area (TPSA) is 77.8 Å². The van der Waals surface area contributed by atoms with Crippen molar-refractivity contribution in [1.29, 1.82) is 0 Å². The van der Waals surface area contributed by atoms with Crippen molar-refractivity contribution >= 4 is 5.78 Å². The minimum absolute atomic E-state index is 0.0379. The van der Waals surface area contributed by atoms with E-state index in [1.165, 1.54) is 5.57 Å². The SMILES string of the molecule is C#C[C@]1(O)C[C@H](O)[C@H]2[C@H]3[C@H]([C@H](O)C[C@@]21C)[C@H]1CCC(=O)CC1=C[C@H]3C. The number of allylic oxidation sites excluding steroid dienone is 2. The summed E-state index contributed by atoms with van der Waals surface area (Å²) in [6.07, 6.45) is 9.06. The van der Waals surface area contributed by atoms with Crippen LogP contribution in [0.2, 0.25) is 0 Å². The minimum atomic E-state index is -1.38. The van der Waals surface area contributed by atoms with Crippen molar-refractivity contribution < 1.29 is 20.1 Å². The van der Waals surface area contributed by atoms with Gasteiger partial charge in [-0.3, -0.25) is 4.79 Å². The molecule has 4 rings (SSSR count). The van der Waals surface area contributed by atoms with Crippen LogP contribution in [0.4, 0.5) is 0 Å². The van der Waals surface area contributed by atoms with E-state index in [0.717, 1.165) is 6.42 Å². The largest absolute Gasteiger partial charge is 0.393 e. The summed E-state index contributed by atoms with van der Waals surface area (Å²) in [5.74, 6) is 3.16. The number of hydrogen-bond acceptors (Lipinski definition) is 4. The molecule has 0 heterocycles. The Morgan fingerprint density at radius 1 is 1.24 bits per heavy atom. The molecular formula is C21H28O4.